The van der Waals surface area contributed by atoms with Crippen molar-refractivity contribution in [2.75, 3.05) is 0 Å². The Balaban J connectivity index is 1.56. The number of benzene rings is 1. The minimum absolute atomic E-state index is 0.563. The summed E-state index contributed by atoms with van der Waals surface area (Å²) in [5.41, 5.74) is 5.21. The zero-order valence-corrected chi connectivity index (χ0v) is 18.9. The maximum atomic E-state index is 4.79. The lowest BCUT2D eigenvalue weighted by Gasteiger charge is -2.27. The smallest absolute Gasteiger partial charge is 0.131 e. The molecule has 0 aliphatic heterocycles. The van der Waals surface area contributed by atoms with Crippen LogP contribution in [0.1, 0.15) is 107 Å². The Bertz CT molecular complexity index is 727. The van der Waals surface area contributed by atoms with E-state index in [1.54, 1.807) is 0 Å². The molecule has 0 unspecified atom stereocenters. The van der Waals surface area contributed by atoms with E-state index >= 15 is 0 Å². The fourth-order valence-corrected chi connectivity index (χ4v) is 4.86. The maximum Gasteiger partial charge on any atom is 0.131 e. The van der Waals surface area contributed by atoms with Gasteiger partial charge in [0, 0.05) is 23.9 Å². The third-order valence-corrected chi connectivity index (χ3v) is 6.77. The van der Waals surface area contributed by atoms with Crippen molar-refractivity contribution in [1.29, 1.82) is 0 Å². The third kappa shape index (κ3) is 6.39. The molecule has 1 aliphatic rings. The van der Waals surface area contributed by atoms with Crippen molar-refractivity contribution in [3.63, 3.8) is 0 Å². The van der Waals surface area contributed by atoms with E-state index in [0.29, 0.717) is 5.92 Å². The summed E-state index contributed by atoms with van der Waals surface area (Å²) in [7, 11) is 0. The Morgan fingerprint density at radius 1 is 0.862 bits per heavy atom. The summed E-state index contributed by atoms with van der Waals surface area (Å²) in [6.45, 7) is 6.77. The van der Waals surface area contributed by atoms with Crippen LogP contribution in [0.15, 0.2) is 30.6 Å². The number of unbranched alkanes of at least 4 members (excludes halogenated alkanes) is 4. The highest BCUT2D eigenvalue weighted by Crippen LogP contribution is 2.36. The van der Waals surface area contributed by atoms with Crippen molar-refractivity contribution >= 4 is 0 Å². The van der Waals surface area contributed by atoms with Crippen LogP contribution in [0.4, 0.5) is 0 Å². The van der Waals surface area contributed by atoms with Gasteiger partial charge in [-0.2, -0.15) is 0 Å². The molecule has 3 rings (SSSR count). The van der Waals surface area contributed by atoms with E-state index in [0.717, 1.165) is 17.3 Å². The highest BCUT2D eigenvalue weighted by atomic mass is 14.9. The molecule has 29 heavy (non-hydrogen) atoms. The highest BCUT2D eigenvalue weighted by Gasteiger charge is 2.23. The van der Waals surface area contributed by atoms with Gasteiger partial charge in [0.1, 0.15) is 5.82 Å². The second-order valence-electron chi connectivity index (χ2n) is 9.15. The second kappa shape index (κ2) is 11.5. The molecule has 1 heterocycles. The van der Waals surface area contributed by atoms with Gasteiger partial charge in [-0.15, -0.1) is 0 Å². The number of nitrogens with zero attached hydrogens (tertiary/aromatic N) is 2. The van der Waals surface area contributed by atoms with E-state index in [1.807, 2.05) is 0 Å². The lowest BCUT2D eigenvalue weighted by Crippen LogP contribution is -2.15. The summed E-state index contributed by atoms with van der Waals surface area (Å²) in [6.07, 6.45) is 20.0. The van der Waals surface area contributed by atoms with Gasteiger partial charge in [0.25, 0.3) is 0 Å². The molecule has 2 heteroatoms. The van der Waals surface area contributed by atoms with Crippen LogP contribution < -0.4 is 0 Å². The first kappa shape index (κ1) is 22.0. The van der Waals surface area contributed by atoms with E-state index < -0.39 is 0 Å². The molecule has 1 fully saturated rings. The monoisotopic (exact) mass is 392 g/mol. The average molecular weight is 393 g/mol. The van der Waals surface area contributed by atoms with Gasteiger partial charge < -0.3 is 0 Å². The lowest BCUT2D eigenvalue weighted by atomic mass is 9.79. The van der Waals surface area contributed by atoms with Crippen LogP contribution in [0.25, 0.3) is 11.1 Å². The van der Waals surface area contributed by atoms with Crippen LogP contribution in [0.3, 0.4) is 0 Å². The van der Waals surface area contributed by atoms with E-state index in [-0.39, 0.29) is 0 Å². The molecule has 0 saturated heterocycles. The van der Waals surface area contributed by atoms with Crippen molar-refractivity contribution < 1.29 is 0 Å². The molecule has 1 aromatic heterocycles. The number of rotatable bonds is 10. The van der Waals surface area contributed by atoms with Gasteiger partial charge in [0.05, 0.1) is 0 Å². The maximum absolute atomic E-state index is 4.79. The first-order valence-corrected chi connectivity index (χ1v) is 12.1. The summed E-state index contributed by atoms with van der Waals surface area (Å²) in [5.74, 6) is 2.57. The number of hydrogen-bond donors (Lipinski definition) is 0. The van der Waals surface area contributed by atoms with Crippen LogP contribution in [0, 0.1) is 12.8 Å². The Morgan fingerprint density at radius 2 is 1.55 bits per heavy atom. The number of aromatic nitrogens is 2. The summed E-state index contributed by atoms with van der Waals surface area (Å²) >= 11 is 0. The zero-order chi connectivity index (χ0) is 20.5. The molecule has 1 saturated carbocycles. The van der Waals surface area contributed by atoms with Gasteiger partial charge in [-0.1, -0.05) is 70.6 Å². The quantitative estimate of drug-likeness (QED) is 0.382. The van der Waals surface area contributed by atoms with Crippen molar-refractivity contribution in [3.05, 3.63) is 47.5 Å². The Hall–Kier alpha value is -1.70. The minimum atomic E-state index is 0.563. The van der Waals surface area contributed by atoms with Gasteiger partial charge in [-0.3, -0.25) is 0 Å². The molecule has 0 N–H and O–H groups in total. The third-order valence-electron chi connectivity index (χ3n) is 6.77. The largest absolute Gasteiger partial charge is 0.240 e. The van der Waals surface area contributed by atoms with Crippen molar-refractivity contribution in [3.8, 4) is 11.1 Å². The molecule has 0 radical (unpaired) electrons. The van der Waals surface area contributed by atoms with E-state index in [2.05, 4.69) is 51.4 Å². The SMILES string of the molecule is CCCCCc1ccc(-c2cnc(C3CCC(CCCCC)CC3)nc2)c(C)c1. The average Bonchev–Trinajstić information content (AvgIpc) is 2.75. The molecule has 0 bridgehead atoms. The molecule has 158 valence electrons. The molecule has 2 aromatic rings. The molecule has 1 aromatic carbocycles. The van der Waals surface area contributed by atoms with Gasteiger partial charge in [0.15, 0.2) is 0 Å². The van der Waals surface area contributed by atoms with Crippen LogP contribution in [0.2, 0.25) is 0 Å². The Kier molecular flexibility index (Phi) is 8.70. The van der Waals surface area contributed by atoms with Crippen LogP contribution in [-0.2, 0) is 6.42 Å². The molecular weight excluding hydrogens is 352 g/mol. The van der Waals surface area contributed by atoms with Crippen molar-refractivity contribution in [2.24, 2.45) is 5.92 Å². The van der Waals surface area contributed by atoms with E-state index in [1.165, 1.54) is 93.7 Å². The zero-order valence-electron chi connectivity index (χ0n) is 18.9. The molecule has 2 nitrogen and oxygen atoms in total. The van der Waals surface area contributed by atoms with Crippen LogP contribution in [-0.4, -0.2) is 9.97 Å². The lowest BCUT2D eigenvalue weighted by molar-refractivity contribution is 0.297. The standard InChI is InChI=1S/C27H40N2/c1-4-6-8-10-22-12-15-24(16-13-22)27-28-19-25(20-29-27)26-17-14-23(18-21(26)3)11-9-7-5-2/h14,17-20,22,24H,4-13,15-16H2,1-3H3. The molecule has 0 atom stereocenters. The topological polar surface area (TPSA) is 25.8 Å². The first-order chi connectivity index (χ1) is 14.2. The van der Waals surface area contributed by atoms with Gasteiger partial charge in [-0.05, 0) is 68.1 Å². The predicted octanol–water partition coefficient (Wildman–Crippen LogP) is 8.04. The normalized spacial score (nSPS) is 19.4. The minimum Gasteiger partial charge on any atom is -0.240 e. The summed E-state index contributed by atoms with van der Waals surface area (Å²) in [6, 6.07) is 6.89. The van der Waals surface area contributed by atoms with Gasteiger partial charge in [-0.25, -0.2) is 9.97 Å². The fraction of sp³-hybridized carbons (Fsp3) is 0.630. The molecule has 0 amide bonds. The van der Waals surface area contributed by atoms with Crippen LogP contribution >= 0.6 is 0 Å². The summed E-state index contributed by atoms with van der Waals surface area (Å²) < 4.78 is 0. The number of hydrogen-bond acceptors (Lipinski definition) is 2. The molecule has 1 aliphatic carbocycles. The van der Waals surface area contributed by atoms with E-state index in [4.69, 9.17) is 9.97 Å². The van der Waals surface area contributed by atoms with Crippen molar-refractivity contribution in [2.45, 2.75) is 104 Å². The highest BCUT2D eigenvalue weighted by molar-refractivity contribution is 5.66. The summed E-state index contributed by atoms with van der Waals surface area (Å²) in [5, 5.41) is 0. The number of aryl methyl sites for hydroxylation is 2. The van der Waals surface area contributed by atoms with Gasteiger partial charge >= 0.3 is 0 Å². The van der Waals surface area contributed by atoms with Crippen molar-refractivity contribution in [1.82, 2.24) is 9.97 Å². The Morgan fingerprint density at radius 3 is 2.21 bits per heavy atom. The Labute approximate surface area is 178 Å². The van der Waals surface area contributed by atoms with Crippen LogP contribution in [0.5, 0.6) is 0 Å². The fourth-order valence-electron chi connectivity index (χ4n) is 4.86. The summed E-state index contributed by atoms with van der Waals surface area (Å²) in [4.78, 5) is 9.58. The molecule has 0 spiro atoms. The second-order valence-corrected chi connectivity index (χ2v) is 9.15. The molecular formula is C27H40N2. The van der Waals surface area contributed by atoms with E-state index in [9.17, 15) is 0 Å². The predicted molar refractivity (Wildman–Crippen MR) is 124 cm³/mol. The first-order valence-electron chi connectivity index (χ1n) is 12.1. The van der Waals surface area contributed by atoms with Gasteiger partial charge in [0.2, 0.25) is 0 Å².